The van der Waals surface area contributed by atoms with E-state index in [0.29, 0.717) is 50.2 Å². The van der Waals surface area contributed by atoms with Gasteiger partial charge in [0.15, 0.2) is 0 Å². The molecule has 2 aromatic heterocycles. The number of nitrogens with one attached hydrogen (secondary N) is 1. The summed E-state index contributed by atoms with van der Waals surface area (Å²) in [6.07, 6.45) is 4.61. The molecule has 3 saturated heterocycles. The van der Waals surface area contributed by atoms with Crippen LogP contribution in [0.1, 0.15) is 56.7 Å². The normalized spacial score (nSPS) is 21.7. The fourth-order valence-corrected chi connectivity index (χ4v) is 8.12. The van der Waals surface area contributed by atoms with Gasteiger partial charge in [-0.15, -0.1) is 0 Å². The number of nitrogens with zero attached hydrogens (tertiary/aromatic N) is 6. The summed E-state index contributed by atoms with van der Waals surface area (Å²) in [7, 11) is -1.55. The van der Waals surface area contributed by atoms with Gasteiger partial charge in [0.05, 0.1) is 24.4 Å². The molecule has 3 atom stereocenters. The Bertz CT molecular complexity index is 1840. The number of benzene rings is 1. The SMILES string of the molecule is CC#CC(=O)N1CC[C@H]1c1cc(N2CC(CS(C)(=O)=O)C2)c2cnc(Nc3ccnc(N4CC[C@@H](OC)[C@@H](F)C4)n3)cc2c1C(C)C. The Balaban J connectivity index is 1.36. The van der Waals surface area contributed by atoms with Crippen LogP contribution in [0.3, 0.4) is 0 Å². The lowest BCUT2D eigenvalue weighted by molar-refractivity contribution is -0.132. The van der Waals surface area contributed by atoms with E-state index in [1.165, 1.54) is 13.4 Å². The Kier molecular flexibility index (Phi) is 9.27. The monoisotopic (exact) mass is 663 g/mol. The minimum Gasteiger partial charge on any atom is -0.378 e. The highest BCUT2D eigenvalue weighted by Gasteiger charge is 2.38. The molecule has 1 N–H and O–H groups in total. The highest BCUT2D eigenvalue weighted by Crippen LogP contribution is 2.45. The van der Waals surface area contributed by atoms with E-state index in [-0.39, 0.29) is 36.1 Å². The number of fused-ring (bicyclic) bond motifs is 1. The van der Waals surface area contributed by atoms with Crippen LogP contribution >= 0.6 is 0 Å². The summed E-state index contributed by atoms with van der Waals surface area (Å²) in [5, 5.41) is 5.30. The van der Waals surface area contributed by atoms with Crippen molar-refractivity contribution in [1.29, 1.82) is 0 Å². The van der Waals surface area contributed by atoms with Crippen molar-refractivity contribution in [2.75, 3.05) is 67.0 Å². The van der Waals surface area contributed by atoms with E-state index in [0.717, 1.165) is 34.0 Å². The Labute approximate surface area is 275 Å². The van der Waals surface area contributed by atoms with Crippen molar-refractivity contribution in [3.8, 4) is 11.8 Å². The summed E-state index contributed by atoms with van der Waals surface area (Å²) < 4.78 is 43.8. The molecule has 0 aliphatic carbocycles. The molecular weight excluding hydrogens is 621 g/mol. The standard InChI is InChI=1S/C34H42FN7O4S/c1-6-7-32(43)42-13-9-27(42)24-14-28(41-17-22(18-41)20-47(5,44)45)25-16-37-31(15-23(25)33(24)21(2)3)38-30-8-11-36-34(39-30)40-12-10-29(46-4)26(35)19-40/h8,11,14-16,21-22,26-27,29H,9-10,12-13,17-20H2,1-5H3,(H,36,37,38,39)/t26-,27-,29+/m0/s1. The number of ether oxygens (including phenoxy) is 1. The van der Waals surface area contributed by atoms with Crippen molar-refractivity contribution in [1.82, 2.24) is 19.9 Å². The summed E-state index contributed by atoms with van der Waals surface area (Å²) >= 11 is 0. The van der Waals surface area contributed by atoms with Crippen LogP contribution in [-0.4, -0.2) is 98.3 Å². The largest absolute Gasteiger partial charge is 0.378 e. The van der Waals surface area contributed by atoms with Gasteiger partial charge in [-0.05, 0) is 66.3 Å². The number of hydrogen-bond donors (Lipinski definition) is 1. The van der Waals surface area contributed by atoms with Gasteiger partial charge >= 0.3 is 0 Å². The number of anilines is 4. The number of pyridine rings is 1. The Morgan fingerprint density at radius 1 is 1.11 bits per heavy atom. The van der Waals surface area contributed by atoms with Crippen LogP contribution in [0.5, 0.6) is 0 Å². The number of carbonyl (C=O) groups excluding carboxylic acids is 1. The van der Waals surface area contributed by atoms with Crippen LogP contribution in [0.2, 0.25) is 0 Å². The zero-order valence-electron chi connectivity index (χ0n) is 27.5. The molecule has 11 nitrogen and oxygen atoms in total. The minimum atomic E-state index is -3.08. The van der Waals surface area contributed by atoms with Crippen molar-refractivity contribution >= 4 is 49.8 Å². The van der Waals surface area contributed by atoms with Gasteiger partial charge in [-0.2, -0.15) is 4.98 Å². The topological polar surface area (TPSA) is 121 Å². The predicted molar refractivity (Wildman–Crippen MR) is 182 cm³/mol. The maximum Gasteiger partial charge on any atom is 0.298 e. The van der Waals surface area contributed by atoms with Crippen molar-refractivity contribution in [3.63, 3.8) is 0 Å². The van der Waals surface area contributed by atoms with Gasteiger partial charge in [-0.25, -0.2) is 22.8 Å². The van der Waals surface area contributed by atoms with E-state index in [1.54, 1.807) is 19.2 Å². The predicted octanol–water partition coefficient (Wildman–Crippen LogP) is 4.23. The van der Waals surface area contributed by atoms with E-state index < -0.39 is 22.1 Å². The third kappa shape index (κ3) is 6.85. The second-order valence-corrected chi connectivity index (χ2v) is 15.3. The van der Waals surface area contributed by atoms with Crippen molar-refractivity contribution in [3.05, 3.63) is 41.7 Å². The van der Waals surface area contributed by atoms with Gasteiger partial charge in [-0.3, -0.25) is 4.79 Å². The molecular formula is C34H42FN7O4S. The summed E-state index contributed by atoms with van der Waals surface area (Å²) in [4.78, 5) is 32.6. The molecule has 3 aliphatic heterocycles. The van der Waals surface area contributed by atoms with Crippen molar-refractivity contribution in [2.45, 2.75) is 57.8 Å². The molecule has 0 saturated carbocycles. The molecule has 1 amide bonds. The molecule has 6 rings (SSSR count). The first-order chi connectivity index (χ1) is 22.5. The molecule has 0 radical (unpaired) electrons. The second-order valence-electron chi connectivity index (χ2n) is 13.1. The summed E-state index contributed by atoms with van der Waals surface area (Å²) in [6.45, 7) is 8.61. The number of methoxy groups -OCH3 is 1. The minimum absolute atomic E-state index is 0.0590. The number of halogens is 1. The molecule has 5 heterocycles. The lowest BCUT2D eigenvalue weighted by atomic mass is 9.82. The zero-order chi connectivity index (χ0) is 33.5. The van der Waals surface area contributed by atoms with E-state index in [9.17, 15) is 17.6 Å². The number of amides is 1. The average molecular weight is 664 g/mol. The quantitative estimate of drug-likeness (QED) is 0.333. The molecule has 250 valence electrons. The maximum absolute atomic E-state index is 14.6. The lowest BCUT2D eigenvalue weighted by Crippen LogP contribution is -2.50. The first-order valence-corrected chi connectivity index (χ1v) is 18.2. The molecule has 3 fully saturated rings. The fourth-order valence-electron chi connectivity index (χ4n) is 7.06. The van der Waals surface area contributed by atoms with Crippen molar-refractivity contribution < 1.29 is 22.3 Å². The molecule has 1 aromatic carbocycles. The number of carbonyl (C=O) groups is 1. The molecule has 0 bridgehead atoms. The molecule has 0 spiro atoms. The Hall–Kier alpha value is -4.02. The third-order valence-corrected chi connectivity index (χ3v) is 10.4. The van der Waals surface area contributed by atoms with Gasteiger partial charge in [0.2, 0.25) is 5.95 Å². The molecule has 13 heteroatoms. The van der Waals surface area contributed by atoms with E-state index in [2.05, 4.69) is 51.9 Å². The highest BCUT2D eigenvalue weighted by atomic mass is 32.2. The zero-order valence-corrected chi connectivity index (χ0v) is 28.3. The van der Waals surface area contributed by atoms with Gasteiger partial charge < -0.3 is 24.8 Å². The van der Waals surface area contributed by atoms with E-state index >= 15 is 0 Å². The Morgan fingerprint density at radius 2 is 1.89 bits per heavy atom. The number of hydrogen-bond acceptors (Lipinski definition) is 10. The van der Waals surface area contributed by atoms with Gasteiger partial charge in [0.1, 0.15) is 27.6 Å². The second kappa shape index (κ2) is 13.2. The van der Waals surface area contributed by atoms with Gasteiger partial charge in [0.25, 0.3) is 5.91 Å². The number of likely N-dealkylation sites (tertiary alicyclic amines) is 1. The van der Waals surface area contributed by atoms with Crippen LogP contribution < -0.4 is 15.1 Å². The third-order valence-electron chi connectivity index (χ3n) is 9.32. The molecule has 0 unspecified atom stereocenters. The Morgan fingerprint density at radius 3 is 2.53 bits per heavy atom. The first kappa shape index (κ1) is 32.9. The summed E-state index contributed by atoms with van der Waals surface area (Å²) in [6, 6.07) is 5.84. The highest BCUT2D eigenvalue weighted by molar-refractivity contribution is 7.90. The number of rotatable bonds is 9. The van der Waals surface area contributed by atoms with Crippen LogP contribution in [0.4, 0.5) is 27.7 Å². The van der Waals surface area contributed by atoms with E-state index in [1.807, 2.05) is 22.1 Å². The summed E-state index contributed by atoms with van der Waals surface area (Å²) in [5.41, 5.74) is 3.19. The van der Waals surface area contributed by atoms with Crippen LogP contribution in [-0.2, 0) is 19.4 Å². The number of sulfone groups is 1. The lowest BCUT2D eigenvalue weighted by Gasteiger charge is -2.44. The molecule has 3 aliphatic rings. The number of piperidine rings is 1. The molecule has 47 heavy (non-hydrogen) atoms. The average Bonchev–Trinajstić information content (AvgIpc) is 2.97. The van der Waals surface area contributed by atoms with Crippen LogP contribution in [0.15, 0.2) is 30.6 Å². The van der Waals surface area contributed by atoms with Gasteiger partial charge in [-0.1, -0.05) is 19.8 Å². The fraction of sp³-hybridized carbons (Fsp3) is 0.529. The summed E-state index contributed by atoms with van der Waals surface area (Å²) in [5.74, 6) is 7.17. The first-order valence-electron chi connectivity index (χ1n) is 16.1. The number of aromatic nitrogens is 3. The smallest absolute Gasteiger partial charge is 0.298 e. The van der Waals surface area contributed by atoms with Crippen LogP contribution in [0.25, 0.3) is 10.8 Å². The van der Waals surface area contributed by atoms with Crippen molar-refractivity contribution in [2.24, 2.45) is 5.92 Å². The van der Waals surface area contributed by atoms with E-state index in [4.69, 9.17) is 9.72 Å². The van der Waals surface area contributed by atoms with Gasteiger partial charge in [0, 0.05) is 68.9 Å². The number of alkyl halides is 1. The molecule has 3 aromatic rings. The maximum atomic E-state index is 14.6. The van der Waals surface area contributed by atoms with Crippen LogP contribution in [0, 0.1) is 17.8 Å².